The Hall–Kier alpha value is -0.460. The zero-order chi connectivity index (χ0) is 10.2. The summed E-state index contributed by atoms with van der Waals surface area (Å²) >= 11 is 0. The molecule has 0 N–H and O–H groups in total. The van der Waals surface area contributed by atoms with Gasteiger partial charge in [-0.2, -0.15) is 0 Å². The summed E-state index contributed by atoms with van der Waals surface area (Å²) in [6.45, 7) is 4.33. The normalized spacial score (nSPS) is 19.7. The Morgan fingerprint density at radius 3 is 2.64 bits per heavy atom. The van der Waals surface area contributed by atoms with Crippen molar-refractivity contribution in [3.63, 3.8) is 0 Å². The van der Waals surface area contributed by atoms with E-state index in [2.05, 4.69) is 19.9 Å². The van der Waals surface area contributed by atoms with E-state index in [1.165, 1.54) is 51.4 Å². The average Bonchev–Trinajstić information content (AvgIpc) is 2.20. The second kappa shape index (κ2) is 6.92. The van der Waals surface area contributed by atoms with Crippen LogP contribution < -0.4 is 0 Å². The molecule has 0 aromatic heterocycles. The van der Waals surface area contributed by atoms with E-state index in [0.29, 0.717) is 6.10 Å². The minimum Gasteiger partial charge on any atom is -0.495 e. The molecule has 0 unspecified atom stereocenters. The molecule has 0 radical (unpaired) electrons. The summed E-state index contributed by atoms with van der Waals surface area (Å²) in [5, 5.41) is 0. The van der Waals surface area contributed by atoms with Crippen molar-refractivity contribution in [3.05, 3.63) is 11.8 Å². The van der Waals surface area contributed by atoms with Gasteiger partial charge in [-0.25, -0.2) is 0 Å². The number of rotatable bonds is 5. The quantitative estimate of drug-likeness (QED) is 0.467. The van der Waals surface area contributed by atoms with Crippen LogP contribution in [0.2, 0.25) is 0 Å². The highest BCUT2D eigenvalue weighted by atomic mass is 16.5. The highest BCUT2D eigenvalue weighted by molar-refractivity contribution is 4.89. The summed E-state index contributed by atoms with van der Waals surface area (Å²) in [6.07, 6.45) is 13.1. The fraction of sp³-hybridized carbons (Fsp3) is 0.846. The van der Waals surface area contributed by atoms with Gasteiger partial charge in [0.05, 0.1) is 11.9 Å². The van der Waals surface area contributed by atoms with Gasteiger partial charge < -0.3 is 4.74 Å². The Bertz CT molecular complexity index is 166. The van der Waals surface area contributed by atoms with E-state index < -0.39 is 0 Å². The molecule has 0 saturated heterocycles. The molecule has 0 aliphatic heterocycles. The number of hydrogen-bond acceptors (Lipinski definition) is 1. The Kier molecular flexibility index (Phi) is 5.74. The second-order valence-corrected chi connectivity index (χ2v) is 4.33. The van der Waals surface area contributed by atoms with Crippen molar-refractivity contribution >= 4 is 0 Å². The maximum atomic E-state index is 5.90. The van der Waals surface area contributed by atoms with Gasteiger partial charge in [-0.1, -0.05) is 19.8 Å². The first kappa shape index (κ1) is 11.6. The van der Waals surface area contributed by atoms with Gasteiger partial charge in [-0.15, -0.1) is 0 Å². The zero-order valence-corrected chi connectivity index (χ0v) is 9.72. The molecule has 82 valence electrons. The molecule has 14 heavy (non-hydrogen) atoms. The third-order valence-electron chi connectivity index (χ3n) is 2.89. The molecule has 1 saturated carbocycles. The molecule has 1 aliphatic carbocycles. The van der Waals surface area contributed by atoms with Crippen molar-refractivity contribution in [3.8, 4) is 0 Å². The average molecular weight is 196 g/mol. The van der Waals surface area contributed by atoms with Crippen LogP contribution in [0.4, 0.5) is 0 Å². The molecule has 0 aromatic rings. The molecular weight excluding hydrogens is 172 g/mol. The minimum absolute atomic E-state index is 0.515. The van der Waals surface area contributed by atoms with Crippen molar-refractivity contribution in [1.29, 1.82) is 0 Å². The standard InChI is InChI=1S/C13H24O/c1-3-4-6-9-12(2)14-13-10-7-5-8-11-13/h9,13H,3-8,10-11H2,1-2H3. The molecule has 0 heterocycles. The lowest BCUT2D eigenvalue weighted by Gasteiger charge is -2.23. The molecule has 1 fully saturated rings. The lowest BCUT2D eigenvalue weighted by atomic mass is 9.98. The van der Waals surface area contributed by atoms with Crippen molar-refractivity contribution in [2.45, 2.75) is 71.3 Å². The smallest absolute Gasteiger partial charge is 0.0982 e. The molecule has 0 aromatic carbocycles. The van der Waals surface area contributed by atoms with Gasteiger partial charge in [0.15, 0.2) is 0 Å². The number of allylic oxidation sites excluding steroid dienone is 2. The predicted molar refractivity (Wildman–Crippen MR) is 61.2 cm³/mol. The third kappa shape index (κ3) is 4.69. The monoisotopic (exact) mass is 196 g/mol. The Morgan fingerprint density at radius 2 is 2.00 bits per heavy atom. The van der Waals surface area contributed by atoms with Crippen LogP contribution in [0.1, 0.15) is 65.2 Å². The lowest BCUT2D eigenvalue weighted by Crippen LogP contribution is -2.15. The molecule has 1 nitrogen and oxygen atoms in total. The van der Waals surface area contributed by atoms with Crippen LogP contribution in [0.5, 0.6) is 0 Å². The van der Waals surface area contributed by atoms with Gasteiger partial charge in [0.1, 0.15) is 0 Å². The molecule has 1 heteroatoms. The van der Waals surface area contributed by atoms with E-state index in [1.807, 2.05) is 0 Å². The lowest BCUT2D eigenvalue weighted by molar-refractivity contribution is 0.0829. The van der Waals surface area contributed by atoms with Gasteiger partial charge in [0.25, 0.3) is 0 Å². The summed E-state index contributed by atoms with van der Waals surface area (Å²) < 4.78 is 5.90. The Labute approximate surface area is 88.5 Å². The number of hydrogen-bond donors (Lipinski definition) is 0. The van der Waals surface area contributed by atoms with Gasteiger partial charge in [-0.3, -0.25) is 0 Å². The van der Waals surface area contributed by atoms with Gasteiger partial charge >= 0.3 is 0 Å². The Balaban J connectivity index is 2.17. The summed E-state index contributed by atoms with van der Waals surface area (Å²) in [5.41, 5.74) is 0. The fourth-order valence-corrected chi connectivity index (χ4v) is 2.00. The highest BCUT2D eigenvalue weighted by Gasteiger charge is 2.13. The largest absolute Gasteiger partial charge is 0.495 e. The molecule has 0 bridgehead atoms. The molecular formula is C13H24O. The number of unbranched alkanes of at least 4 members (excludes halogenated alkanes) is 2. The first-order valence-corrected chi connectivity index (χ1v) is 6.16. The van der Waals surface area contributed by atoms with E-state index in [9.17, 15) is 0 Å². The van der Waals surface area contributed by atoms with E-state index in [0.717, 1.165) is 5.76 Å². The molecule has 0 spiro atoms. The van der Waals surface area contributed by atoms with E-state index in [1.54, 1.807) is 0 Å². The van der Waals surface area contributed by atoms with Crippen LogP contribution in [-0.2, 0) is 4.74 Å². The molecule has 1 rings (SSSR count). The van der Waals surface area contributed by atoms with Crippen molar-refractivity contribution in [2.75, 3.05) is 0 Å². The topological polar surface area (TPSA) is 9.23 Å². The van der Waals surface area contributed by atoms with Crippen LogP contribution in [-0.4, -0.2) is 6.10 Å². The van der Waals surface area contributed by atoms with Crippen LogP contribution in [0, 0.1) is 0 Å². The first-order chi connectivity index (χ1) is 6.83. The van der Waals surface area contributed by atoms with E-state index in [4.69, 9.17) is 4.74 Å². The maximum Gasteiger partial charge on any atom is 0.0982 e. The SMILES string of the molecule is CCCCC=C(C)OC1CCCCC1. The molecule has 1 aliphatic rings. The summed E-state index contributed by atoms with van der Waals surface area (Å²) in [4.78, 5) is 0. The van der Waals surface area contributed by atoms with Crippen molar-refractivity contribution in [2.24, 2.45) is 0 Å². The fourth-order valence-electron chi connectivity index (χ4n) is 2.00. The summed E-state index contributed by atoms with van der Waals surface area (Å²) in [6, 6.07) is 0. The van der Waals surface area contributed by atoms with Crippen LogP contribution in [0.15, 0.2) is 11.8 Å². The van der Waals surface area contributed by atoms with Crippen LogP contribution in [0.3, 0.4) is 0 Å². The van der Waals surface area contributed by atoms with Gasteiger partial charge in [0, 0.05) is 0 Å². The van der Waals surface area contributed by atoms with Gasteiger partial charge in [0.2, 0.25) is 0 Å². The minimum atomic E-state index is 0.515. The summed E-state index contributed by atoms with van der Waals surface area (Å²) in [5.74, 6) is 1.14. The maximum absolute atomic E-state index is 5.90. The Morgan fingerprint density at radius 1 is 1.29 bits per heavy atom. The van der Waals surface area contributed by atoms with Gasteiger partial charge in [-0.05, 0) is 51.5 Å². The predicted octanol–water partition coefficient (Wildman–Crippen LogP) is 4.43. The van der Waals surface area contributed by atoms with E-state index >= 15 is 0 Å². The van der Waals surface area contributed by atoms with Crippen molar-refractivity contribution < 1.29 is 4.74 Å². The zero-order valence-electron chi connectivity index (χ0n) is 9.72. The number of ether oxygens (including phenoxy) is 1. The summed E-state index contributed by atoms with van der Waals surface area (Å²) in [7, 11) is 0. The molecule has 0 amide bonds. The van der Waals surface area contributed by atoms with E-state index in [-0.39, 0.29) is 0 Å². The molecule has 0 atom stereocenters. The van der Waals surface area contributed by atoms with Crippen LogP contribution >= 0.6 is 0 Å². The van der Waals surface area contributed by atoms with Crippen LogP contribution in [0.25, 0.3) is 0 Å². The third-order valence-corrected chi connectivity index (χ3v) is 2.89. The first-order valence-electron chi connectivity index (χ1n) is 6.16. The second-order valence-electron chi connectivity index (χ2n) is 4.33. The highest BCUT2D eigenvalue weighted by Crippen LogP contribution is 2.22. The van der Waals surface area contributed by atoms with Crippen molar-refractivity contribution in [1.82, 2.24) is 0 Å².